The van der Waals surface area contributed by atoms with E-state index in [1.807, 2.05) is 24.3 Å². The largest absolute Gasteiger partial charge is 0.497 e. The summed E-state index contributed by atoms with van der Waals surface area (Å²) in [5.74, 6) is 0.852. The van der Waals surface area contributed by atoms with Crippen molar-refractivity contribution in [2.24, 2.45) is 5.73 Å². The lowest BCUT2D eigenvalue weighted by molar-refractivity contribution is -0.0392. The molecule has 1 heterocycles. The van der Waals surface area contributed by atoms with E-state index in [1.54, 1.807) is 7.11 Å². The zero-order chi connectivity index (χ0) is 13.0. The van der Waals surface area contributed by atoms with E-state index in [9.17, 15) is 0 Å². The third kappa shape index (κ3) is 3.02. The first-order chi connectivity index (χ1) is 8.74. The van der Waals surface area contributed by atoms with Crippen LogP contribution in [0.1, 0.15) is 18.5 Å². The molecule has 1 aliphatic rings. The van der Waals surface area contributed by atoms with Gasteiger partial charge in [-0.2, -0.15) is 0 Å². The number of hydrogen-bond acceptors (Lipinski definition) is 4. The molecule has 2 unspecified atom stereocenters. The Kier molecular flexibility index (Phi) is 4.58. The van der Waals surface area contributed by atoms with Gasteiger partial charge >= 0.3 is 0 Å². The zero-order valence-corrected chi connectivity index (χ0v) is 11.1. The van der Waals surface area contributed by atoms with Crippen molar-refractivity contribution in [1.29, 1.82) is 0 Å². The maximum atomic E-state index is 6.29. The first-order valence-electron chi connectivity index (χ1n) is 6.48. The summed E-state index contributed by atoms with van der Waals surface area (Å²) < 4.78 is 10.9. The minimum atomic E-state index is -0.0785. The van der Waals surface area contributed by atoms with Crippen LogP contribution in [-0.4, -0.2) is 44.4 Å². The van der Waals surface area contributed by atoms with Gasteiger partial charge in [-0.25, -0.2) is 0 Å². The molecule has 0 radical (unpaired) electrons. The summed E-state index contributed by atoms with van der Waals surface area (Å²) in [6, 6.07) is 7.83. The molecule has 1 aromatic rings. The highest BCUT2D eigenvalue weighted by Crippen LogP contribution is 2.22. The van der Waals surface area contributed by atoms with Crippen molar-refractivity contribution < 1.29 is 9.47 Å². The monoisotopic (exact) mass is 250 g/mol. The molecule has 1 aromatic carbocycles. The van der Waals surface area contributed by atoms with E-state index in [2.05, 4.69) is 11.8 Å². The van der Waals surface area contributed by atoms with Crippen LogP contribution < -0.4 is 10.5 Å². The second-order valence-corrected chi connectivity index (χ2v) is 4.60. The molecule has 100 valence electrons. The van der Waals surface area contributed by atoms with Crippen molar-refractivity contribution in [3.63, 3.8) is 0 Å². The molecule has 1 aliphatic heterocycles. The fourth-order valence-electron chi connectivity index (χ4n) is 2.28. The number of benzene rings is 1. The first-order valence-corrected chi connectivity index (χ1v) is 6.48. The molecule has 4 nitrogen and oxygen atoms in total. The Bertz CT molecular complexity index is 367. The quantitative estimate of drug-likeness (QED) is 0.878. The lowest BCUT2D eigenvalue weighted by Gasteiger charge is -2.35. The number of nitrogens with zero attached hydrogens (tertiary/aromatic N) is 1. The molecule has 2 rings (SSSR count). The third-order valence-corrected chi connectivity index (χ3v) is 3.53. The summed E-state index contributed by atoms with van der Waals surface area (Å²) >= 11 is 0. The van der Waals surface area contributed by atoms with E-state index in [0.717, 1.165) is 37.6 Å². The Morgan fingerprint density at radius 2 is 2.17 bits per heavy atom. The molecule has 18 heavy (non-hydrogen) atoms. The minimum absolute atomic E-state index is 0.0760. The Morgan fingerprint density at radius 1 is 1.44 bits per heavy atom. The maximum absolute atomic E-state index is 6.29. The van der Waals surface area contributed by atoms with E-state index in [0.29, 0.717) is 0 Å². The summed E-state index contributed by atoms with van der Waals surface area (Å²) in [5.41, 5.74) is 7.38. The molecular formula is C14H22N2O2. The van der Waals surface area contributed by atoms with Crippen LogP contribution in [0, 0.1) is 0 Å². The number of methoxy groups -OCH3 is 1. The van der Waals surface area contributed by atoms with E-state index in [-0.39, 0.29) is 12.1 Å². The van der Waals surface area contributed by atoms with Gasteiger partial charge in [0.25, 0.3) is 0 Å². The average molecular weight is 250 g/mol. The molecule has 0 spiro atoms. The standard InChI is InChI=1S/C14H22N2O2/c1-3-16-8-9-18-13(10-16)14(15)11-4-6-12(17-2)7-5-11/h4-7,13-14H,3,8-10,15H2,1-2H3. The Morgan fingerprint density at radius 3 is 2.78 bits per heavy atom. The van der Waals surface area contributed by atoms with Crippen molar-refractivity contribution >= 4 is 0 Å². The van der Waals surface area contributed by atoms with Crippen LogP contribution in [0.5, 0.6) is 5.75 Å². The molecule has 0 saturated carbocycles. The lowest BCUT2D eigenvalue weighted by atomic mass is 10.0. The molecule has 0 bridgehead atoms. The van der Waals surface area contributed by atoms with Crippen LogP contribution in [0.15, 0.2) is 24.3 Å². The average Bonchev–Trinajstić information content (AvgIpc) is 2.46. The predicted octanol–water partition coefficient (Wildman–Crippen LogP) is 1.42. The van der Waals surface area contributed by atoms with Gasteiger partial charge in [-0.15, -0.1) is 0 Å². The fourth-order valence-corrected chi connectivity index (χ4v) is 2.28. The fraction of sp³-hybridized carbons (Fsp3) is 0.571. The van der Waals surface area contributed by atoms with Gasteiger partial charge in [0.05, 0.1) is 25.9 Å². The van der Waals surface area contributed by atoms with Crippen LogP contribution >= 0.6 is 0 Å². The summed E-state index contributed by atoms with van der Waals surface area (Å²) in [7, 11) is 1.66. The Hall–Kier alpha value is -1.10. The molecule has 0 aliphatic carbocycles. The zero-order valence-electron chi connectivity index (χ0n) is 11.1. The molecule has 4 heteroatoms. The van der Waals surface area contributed by atoms with Crippen LogP contribution in [0.3, 0.4) is 0 Å². The SMILES string of the molecule is CCN1CCOC(C(N)c2ccc(OC)cc2)C1. The molecule has 1 saturated heterocycles. The van der Waals surface area contributed by atoms with E-state index < -0.39 is 0 Å². The van der Waals surface area contributed by atoms with Crippen molar-refractivity contribution in [3.05, 3.63) is 29.8 Å². The van der Waals surface area contributed by atoms with Crippen LogP contribution in [-0.2, 0) is 4.74 Å². The third-order valence-electron chi connectivity index (χ3n) is 3.53. The molecule has 0 amide bonds. The Labute approximate surface area is 109 Å². The van der Waals surface area contributed by atoms with Gasteiger partial charge in [0, 0.05) is 13.1 Å². The van der Waals surface area contributed by atoms with Gasteiger partial charge < -0.3 is 15.2 Å². The second kappa shape index (κ2) is 6.18. The molecule has 2 N–H and O–H groups in total. The topological polar surface area (TPSA) is 47.7 Å². The highest BCUT2D eigenvalue weighted by molar-refractivity contribution is 5.29. The molecule has 2 atom stereocenters. The summed E-state index contributed by atoms with van der Waals surface area (Å²) in [6.07, 6.45) is 0.0760. The van der Waals surface area contributed by atoms with E-state index in [4.69, 9.17) is 15.2 Å². The van der Waals surface area contributed by atoms with Crippen molar-refractivity contribution in [1.82, 2.24) is 4.90 Å². The first kappa shape index (κ1) is 13.3. The van der Waals surface area contributed by atoms with Crippen LogP contribution in [0.4, 0.5) is 0 Å². The smallest absolute Gasteiger partial charge is 0.118 e. The van der Waals surface area contributed by atoms with Crippen LogP contribution in [0.25, 0.3) is 0 Å². The number of ether oxygens (including phenoxy) is 2. The van der Waals surface area contributed by atoms with E-state index >= 15 is 0 Å². The normalized spacial score (nSPS) is 22.7. The van der Waals surface area contributed by atoms with Gasteiger partial charge in [-0.05, 0) is 24.2 Å². The summed E-state index contributed by atoms with van der Waals surface area (Å²) in [4.78, 5) is 2.37. The van der Waals surface area contributed by atoms with E-state index in [1.165, 1.54) is 0 Å². The van der Waals surface area contributed by atoms with Gasteiger partial charge in [0.2, 0.25) is 0 Å². The summed E-state index contributed by atoms with van der Waals surface area (Å²) in [5, 5.41) is 0. The summed E-state index contributed by atoms with van der Waals surface area (Å²) in [6.45, 7) is 5.89. The number of morpholine rings is 1. The molecule has 1 fully saturated rings. The van der Waals surface area contributed by atoms with Crippen molar-refractivity contribution in [2.75, 3.05) is 33.4 Å². The number of likely N-dealkylation sites (N-methyl/N-ethyl adjacent to an activating group) is 1. The van der Waals surface area contributed by atoms with Crippen LogP contribution in [0.2, 0.25) is 0 Å². The van der Waals surface area contributed by atoms with Gasteiger partial charge in [0.15, 0.2) is 0 Å². The highest BCUT2D eigenvalue weighted by atomic mass is 16.5. The number of rotatable bonds is 4. The lowest BCUT2D eigenvalue weighted by Crippen LogP contribution is -2.46. The number of nitrogens with two attached hydrogens (primary N) is 1. The second-order valence-electron chi connectivity index (χ2n) is 4.60. The van der Waals surface area contributed by atoms with Gasteiger partial charge in [0.1, 0.15) is 5.75 Å². The molecular weight excluding hydrogens is 228 g/mol. The molecule has 0 aromatic heterocycles. The number of hydrogen-bond donors (Lipinski definition) is 1. The minimum Gasteiger partial charge on any atom is -0.497 e. The van der Waals surface area contributed by atoms with Gasteiger partial charge in [-0.1, -0.05) is 19.1 Å². The van der Waals surface area contributed by atoms with Gasteiger partial charge in [-0.3, -0.25) is 4.90 Å². The highest BCUT2D eigenvalue weighted by Gasteiger charge is 2.26. The maximum Gasteiger partial charge on any atom is 0.118 e. The predicted molar refractivity (Wildman–Crippen MR) is 71.8 cm³/mol. The van der Waals surface area contributed by atoms with Crippen molar-refractivity contribution in [2.45, 2.75) is 19.1 Å². The van der Waals surface area contributed by atoms with Crippen molar-refractivity contribution in [3.8, 4) is 5.75 Å². The Balaban J connectivity index is 2.02.